The second kappa shape index (κ2) is 6.04. The van der Waals surface area contributed by atoms with Gasteiger partial charge < -0.3 is 10.5 Å². The SMILES string of the molecule is Cl.Cl.NC[C@H]1CN(C2CC2)CCO1. The van der Waals surface area contributed by atoms with Gasteiger partial charge in [0.25, 0.3) is 0 Å². The smallest absolute Gasteiger partial charge is 0.0824 e. The fourth-order valence-electron chi connectivity index (χ4n) is 1.66. The Hall–Kier alpha value is 0.460. The Balaban J connectivity index is 0.000000720. The summed E-state index contributed by atoms with van der Waals surface area (Å²) in [7, 11) is 0. The van der Waals surface area contributed by atoms with Gasteiger partial charge in [-0.1, -0.05) is 0 Å². The van der Waals surface area contributed by atoms with E-state index in [1.165, 1.54) is 12.8 Å². The van der Waals surface area contributed by atoms with E-state index in [4.69, 9.17) is 10.5 Å². The van der Waals surface area contributed by atoms with Crippen LogP contribution in [0.1, 0.15) is 12.8 Å². The number of halogens is 2. The molecule has 1 aliphatic carbocycles. The third kappa shape index (κ3) is 3.60. The average Bonchev–Trinajstić information content (AvgIpc) is 2.87. The highest BCUT2D eigenvalue weighted by molar-refractivity contribution is 5.85. The Morgan fingerprint density at radius 3 is 2.54 bits per heavy atom. The van der Waals surface area contributed by atoms with Crippen molar-refractivity contribution in [3.05, 3.63) is 0 Å². The maximum Gasteiger partial charge on any atom is 0.0824 e. The minimum atomic E-state index is 0. The summed E-state index contributed by atoms with van der Waals surface area (Å²) in [6.07, 6.45) is 3.07. The molecule has 2 N–H and O–H groups in total. The summed E-state index contributed by atoms with van der Waals surface area (Å²) in [6, 6.07) is 0.868. The lowest BCUT2D eigenvalue weighted by Gasteiger charge is -2.32. The second-order valence-corrected chi connectivity index (χ2v) is 3.45. The van der Waals surface area contributed by atoms with Crippen LogP contribution in [0.2, 0.25) is 0 Å². The number of morpholine rings is 1. The van der Waals surface area contributed by atoms with Gasteiger partial charge in [-0.2, -0.15) is 0 Å². The number of ether oxygens (including phenoxy) is 1. The molecule has 0 radical (unpaired) electrons. The zero-order chi connectivity index (χ0) is 7.68. The van der Waals surface area contributed by atoms with Gasteiger partial charge in [0.15, 0.2) is 0 Å². The van der Waals surface area contributed by atoms with Crippen LogP contribution in [-0.2, 0) is 4.74 Å². The van der Waals surface area contributed by atoms with E-state index in [-0.39, 0.29) is 24.8 Å². The Labute approximate surface area is 91.8 Å². The van der Waals surface area contributed by atoms with Gasteiger partial charge in [0.05, 0.1) is 12.7 Å². The molecule has 80 valence electrons. The van der Waals surface area contributed by atoms with E-state index < -0.39 is 0 Å². The maximum absolute atomic E-state index is 5.53. The van der Waals surface area contributed by atoms with Crippen LogP contribution in [0.5, 0.6) is 0 Å². The van der Waals surface area contributed by atoms with Crippen molar-refractivity contribution >= 4 is 24.8 Å². The largest absolute Gasteiger partial charge is 0.374 e. The molecule has 2 fully saturated rings. The molecule has 1 aliphatic heterocycles. The third-order valence-electron chi connectivity index (χ3n) is 2.50. The number of nitrogens with two attached hydrogens (primary N) is 1. The minimum Gasteiger partial charge on any atom is -0.374 e. The topological polar surface area (TPSA) is 38.5 Å². The van der Waals surface area contributed by atoms with Crippen LogP contribution >= 0.6 is 24.8 Å². The monoisotopic (exact) mass is 228 g/mol. The van der Waals surface area contributed by atoms with Crippen molar-refractivity contribution in [2.45, 2.75) is 25.0 Å². The average molecular weight is 229 g/mol. The van der Waals surface area contributed by atoms with E-state index in [2.05, 4.69) is 4.90 Å². The summed E-state index contributed by atoms with van der Waals surface area (Å²) < 4.78 is 5.47. The molecule has 0 unspecified atom stereocenters. The first-order valence-corrected chi connectivity index (χ1v) is 4.46. The minimum absolute atomic E-state index is 0. The van der Waals surface area contributed by atoms with Gasteiger partial charge in [-0.15, -0.1) is 24.8 Å². The highest BCUT2D eigenvalue weighted by atomic mass is 35.5. The number of rotatable bonds is 2. The quantitative estimate of drug-likeness (QED) is 0.755. The predicted molar refractivity (Wildman–Crippen MR) is 57.9 cm³/mol. The van der Waals surface area contributed by atoms with Crippen LogP contribution in [-0.4, -0.2) is 43.3 Å². The molecule has 0 spiro atoms. The molecule has 5 heteroatoms. The standard InChI is InChI=1S/C8H16N2O.2ClH/c9-5-8-6-10(3-4-11-8)7-1-2-7;;/h7-8H,1-6,9H2;2*1H/t8-;;/m0../s1. The molecule has 2 aliphatic rings. The molecule has 13 heavy (non-hydrogen) atoms. The summed E-state index contributed by atoms with van der Waals surface area (Å²) >= 11 is 0. The van der Waals surface area contributed by atoms with Crippen molar-refractivity contribution in [3.63, 3.8) is 0 Å². The van der Waals surface area contributed by atoms with Crippen molar-refractivity contribution in [2.24, 2.45) is 5.73 Å². The molecule has 1 saturated carbocycles. The number of nitrogens with zero attached hydrogens (tertiary/aromatic N) is 1. The molecule has 1 heterocycles. The van der Waals surface area contributed by atoms with E-state index in [0.29, 0.717) is 12.6 Å². The fourth-order valence-corrected chi connectivity index (χ4v) is 1.66. The highest BCUT2D eigenvalue weighted by Gasteiger charge is 2.32. The van der Waals surface area contributed by atoms with E-state index >= 15 is 0 Å². The van der Waals surface area contributed by atoms with Crippen molar-refractivity contribution < 1.29 is 4.74 Å². The predicted octanol–water partition coefficient (Wildman–Crippen LogP) is 0.652. The highest BCUT2D eigenvalue weighted by Crippen LogP contribution is 2.27. The van der Waals surface area contributed by atoms with Gasteiger partial charge >= 0.3 is 0 Å². The first-order valence-electron chi connectivity index (χ1n) is 4.46. The third-order valence-corrected chi connectivity index (χ3v) is 2.50. The normalized spacial score (nSPS) is 28.8. The molecule has 0 aromatic rings. The van der Waals surface area contributed by atoms with Gasteiger partial charge in [-0.05, 0) is 12.8 Å². The van der Waals surface area contributed by atoms with Crippen LogP contribution in [0, 0.1) is 0 Å². The van der Waals surface area contributed by atoms with E-state index in [1.807, 2.05) is 0 Å². The number of hydrogen-bond acceptors (Lipinski definition) is 3. The molecular formula is C8H18Cl2N2O. The first kappa shape index (κ1) is 13.5. The lowest BCUT2D eigenvalue weighted by molar-refractivity contribution is -0.0261. The summed E-state index contributed by atoms with van der Waals surface area (Å²) in [5, 5.41) is 0. The van der Waals surface area contributed by atoms with Crippen molar-refractivity contribution in [1.29, 1.82) is 0 Å². The van der Waals surface area contributed by atoms with Crippen LogP contribution < -0.4 is 5.73 Å². The molecule has 3 nitrogen and oxygen atoms in total. The second-order valence-electron chi connectivity index (χ2n) is 3.45. The van der Waals surface area contributed by atoms with Gasteiger partial charge in [0.1, 0.15) is 0 Å². The molecule has 0 aromatic heterocycles. The summed E-state index contributed by atoms with van der Waals surface area (Å²) in [6.45, 7) is 3.71. The van der Waals surface area contributed by atoms with E-state index in [1.54, 1.807) is 0 Å². The molecule has 0 aromatic carbocycles. The van der Waals surface area contributed by atoms with Crippen molar-refractivity contribution in [2.75, 3.05) is 26.2 Å². The lowest BCUT2D eigenvalue weighted by Crippen LogP contribution is -2.46. The Morgan fingerprint density at radius 2 is 2.00 bits per heavy atom. The fraction of sp³-hybridized carbons (Fsp3) is 1.00. The summed E-state index contributed by atoms with van der Waals surface area (Å²) in [5.74, 6) is 0. The summed E-state index contributed by atoms with van der Waals surface area (Å²) in [4.78, 5) is 2.51. The Morgan fingerprint density at radius 1 is 1.31 bits per heavy atom. The number of hydrogen-bond donors (Lipinski definition) is 1. The Kier molecular flexibility index (Phi) is 6.25. The molecule has 0 bridgehead atoms. The van der Waals surface area contributed by atoms with E-state index in [9.17, 15) is 0 Å². The molecule has 2 rings (SSSR count). The summed E-state index contributed by atoms with van der Waals surface area (Å²) in [5.41, 5.74) is 5.53. The maximum atomic E-state index is 5.53. The zero-order valence-corrected chi connectivity index (χ0v) is 9.28. The van der Waals surface area contributed by atoms with E-state index in [0.717, 1.165) is 25.7 Å². The molecule has 1 atom stereocenters. The van der Waals surface area contributed by atoms with Crippen LogP contribution in [0.4, 0.5) is 0 Å². The van der Waals surface area contributed by atoms with Crippen LogP contribution in [0.15, 0.2) is 0 Å². The molecule has 0 amide bonds. The van der Waals surface area contributed by atoms with Gasteiger partial charge in [-0.3, -0.25) is 4.90 Å². The molecular weight excluding hydrogens is 211 g/mol. The van der Waals surface area contributed by atoms with Gasteiger partial charge in [0, 0.05) is 25.7 Å². The van der Waals surface area contributed by atoms with Crippen LogP contribution in [0.25, 0.3) is 0 Å². The van der Waals surface area contributed by atoms with Crippen molar-refractivity contribution in [1.82, 2.24) is 4.90 Å². The van der Waals surface area contributed by atoms with Gasteiger partial charge in [-0.25, -0.2) is 0 Å². The Bertz CT molecular complexity index is 144. The first-order chi connectivity index (χ1) is 5.40. The van der Waals surface area contributed by atoms with Crippen LogP contribution in [0.3, 0.4) is 0 Å². The lowest BCUT2D eigenvalue weighted by atomic mass is 10.2. The zero-order valence-electron chi connectivity index (χ0n) is 7.65. The molecule has 1 saturated heterocycles. The van der Waals surface area contributed by atoms with Crippen molar-refractivity contribution in [3.8, 4) is 0 Å². The van der Waals surface area contributed by atoms with Gasteiger partial charge in [0.2, 0.25) is 0 Å².